The molecule has 0 unspecified atom stereocenters. The van der Waals surface area contributed by atoms with Crippen LogP contribution in [0.25, 0.3) is 0 Å². The molecule has 33 heavy (non-hydrogen) atoms. The van der Waals surface area contributed by atoms with Crippen LogP contribution in [0.2, 0.25) is 0 Å². The average molecular weight is 448 g/mol. The molecular formula is C29H39N2O2+. The van der Waals surface area contributed by atoms with Crippen LogP contribution >= 0.6 is 0 Å². The number of nitrogens with zero attached hydrogens (tertiary/aromatic N) is 2. The predicted octanol–water partition coefficient (Wildman–Crippen LogP) is 6.09. The standard InChI is InChI=1S/C29H39N2O2/c1-31(2,21-13-12-16-24-14-6-3-7-15-24)23-27-22-30-28(33-27)29(32,25-17-8-4-9-18-25)26-19-10-5-11-20-26/h3-4,6-9,14-15,17-18,22,26,32H,5,10-13,16,19-21,23H2,1-2H3/q+1/t29-/m0/s1. The lowest BCUT2D eigenvalue weighted by Gasteiger charge is -2.36. The smallest absolute Gasteiger partial charge is 0.231 e. The van der Waals surface area contributed by atoms with Gasteiger partial charge in [-0.3, -0.25) is 0 Å². The fourth-order valence-corrected chi connectivity index (χ4v) is 5.32. The number of aliphatic hydroxyl groups is 1. The Bertz CT molecular complexity index is 977. The lowest BCUT2D eigenvalue weighted by molar-refractivity contribution is -0.904. The van der Waals surface area contributed by atoms with Crippen LogP contribution in [0, 0.1) is 5.92 Å². The number of rotatable bonds is 10. The Morgan fingerprint density at radius 1 is 0.939 bits per heavy atom. The van der Waals surface area contributed by atoms with Gasteiger partial charge < -0.3 is 14.0 Å². The van der Waals surface area contributed by atoms with Gasteiger partial charge in [-0.25, -0.2) is 4.98 Å². The van der Waals surface area contributed by atoms with E-state index in [1.807, 2.05) is 36.5 Å². The van der Waals surface area contributed by atoms with Crippen molar-refractivity contribution in [2.75, 3.05) is 20.6 Å². The third-order valence-electron chi connectivity index (χ3n) is 7.20. The SMILES string of the molecule is C[N+](C)(CCCCc1ccccc1)Cc1cnc([C@](O)(c2ccccc2)C2CCCCC2)o1. The van der Waals surface area contributed by atoms with Crippen LogP contribution in [0.4, 0.5) is 0 Å². The normalized spacial score (nSPS) is 17.1. The Morgan fingerprint density at radius 2 is 1.61 bits per heavy atom. The first kappa shape index (κ1) is 23.7. The first-order valence-corrected chi connectivity index (χ1v) is 12.6. The molecule has 2 aromatic carbocycles. The quantitative estimate of drug-likeness (QED) is 0.302. The van der Waals surface area contributed by atoms with Crippen LogP contribution in [0.3, 0.4) is 0 Å². The molecule has 1 aliphatic rings. The van der Waals surface area contributed by atoms with E-state index in [0.29, 0.717) is 5.89 Å². The molecule has 0 aliphatic heterocycles. The van der Waals surface area contributed by atoms with E-state index < -0.39 is 5.60 Å². The molecule has 176 valence electrons. The maximum absolute atomic E-state index is 12.0. The third-order valence-corrected chi connectivity index (χ3v) is 7.20. The van der Waals surface area contributed by atoms with Gasteiger partial charge in [-0.1, -0.05) is 79.9 Å². The topological polar surface area (TPSA) is 46.3 Å². The molecule has 3 aromatic rings. The molecule has 4 heteroatoms. The van der Waals surface area contributed by atoms with Gasteiger partial charge in [0, 0.05) is 5.92 Å². The zero-order valence-electron chi connectivity index (χ0n) is 20.2. The third kappa shape index (κ3) is 5.93. The summed E-state index contributed by atoms with van der Waals surface area (Å²) in [6.07, 6.45) is 10.9. The summed E-state index contributed by atoms with van der Waals surface area (Å²) in [5, 5.41) is 12.0. The number of hydrogen-bond donors (Lipinski definition) is 1. The highest BCUT2D eigenvalue weighted by Crippen LogP contribution is 2.43. The summed E-state index contributed by atoms with van der Waals surface area (Å²) in [5.74, 6) is 1.45. The van der Waals surface area contributed by atoms with E-state index in [1.165, 1.54) is 24.8 Å². The molecule has 1 atom stereocenters. The molecule has 0 radical (unpaired) electrons. The second-order valence-electron chi connectivity index (χ2n) is 10.4. The molecule has 0 bridgehead atoms. The summed E-state index contributed by atoms with van der Waals surface area (Å²) in [4.78, 5) is 4.63. The van der Waals surface area contributed by atoms with Crippen molar-refractivity contribution in [1.82, 2.24) is 4.98 Å². The van der Waals surface area contributed by atoms with Crippen molar-refractivity contribution >= 4 is 0 Å². The Balaban J connectivity index is 1.42. The highest BCUT2D eigenvalue weighted by Gasteiger charge is 2.44. The Morgan fingerprint density at radius 3 is 2.30 bits per heavy atom. The van der Waals surface area contributed by atoms with E-state index >= 15 is 0 Å². The zero-order chi connectivity index (χ0) is 23.2. The van der Waals surface area contributed by atoms with Crippen molar-refractivity contribution in [1.29, 1.82) is 0 Å². The fraction of sp³-hybridized carbons (Fsp3) is 0.483. The maximum atomic E-state index is 12.0. The van der Waals surface area contributed by atoms with Crippen LogP contribution in [-0.2, 0) is 18.6 Å². The summed E-state index contributed by atoms with van der Waals surface area (Å²) >= 11 is 0. The molecule has 4 nitrogen and oxygen atoms in total. The van der Waals surface area contributed by atoms with Gasteiger partial charge >= 0.3 is 0 Å². The van der Waals surface area contributed by atoms with E-state index in [1.54, 1.807) is 0 Å². The van der Waals surface area contributed by atoms with E-state index in [0.717, 1.165) is 61.0 Å². The summed E-state index contributed by atoms with van der Waals surface area (Å²) < 4.78 is 7.14. The molecule has 4 rings (SSSR count). The number of unbranched alkanes of at least 4 members (excludes halogenated alkanes) is 1. The summed E-state index contributed by atoms with van der Waals surface area (Å²) in [7, 11) is 4.49. The maximum Gasteiger partial charge on any atom is 0.231 e. The molecule has 1 aromatic heterocycles. The highest BCUT2D eigenvalue weighted by molar-refractivity contribution is 5.30. The molecule has 1 fully saturated rings. The van der Waals surface area contributed by atoms with Gasteiger partial charge in [-0.15, -0.1) is 0 Å². The number of oxazole rings is 1. The molecule has 0 saturated heterocycles. The summed E-state index contributed by atoms with van der Waals surface area (Å²) in [5.41, 5.74) is 1.14. The fourth-order valence-electron chi connectivity index (χ4n) is 5.32. The highest BCUT2D eigenvalue weighted by atomic mass is 16.4. The minimum atomic E-state index is -1.16. The lowest BCUT2D eigenvalue weighted by atomic mass is 9.73. The minimum Gasteiger partial charge on any atom is -0.436 e. The van der Waals surface area contributed by atoms with Crippen molar-refractivity contribution in [3.63, 3.8) is 0 Å². The number of benzene rings is 2. The van der Waals surface area contributed by atoms with Crippen molar-refractivity contribution in [2.45, 2.75) is 63.5 Å². The van der Waals surface area contributed by atoms with E-state index in [2.05, 4.69) is 49.4 Å². The van der Waals surface area contributed by atoms with Gasteiger partial charge in [-0.2, -0.15) is 0 Å². The Kier molecular flexibility index (Phi) is 7.67. The van der Waals surface area contributed by atoms with Gasteiger partial charge in [0.2, 0.25) is 5.89 Å². The van der Waals surface area contributed by atoms with Crippen LogP contribution in [0.5, 0.6) is 0 Å². The van der Waals surface area contributed by atoms with Crippen molar-refractivity contribution < 1.29 is 14.0 Å². The number of hydrogen-bond acceptors (Lipinski definition) is 3. The second-order valence-corrected chi connectivity index (χ2v) is 10.4. The van der Waals surface area contributed by atoms with Gasteiger partial charge in [0.15, 0.2) is 11.4 Å². The Labute approximate surface area is 198 Å². The molecule has 1 N–H and O–H groups in total. The molecule has 1 heterocycles. The van der Waals surface area contributed by atoms with Crippen LogP contribution in [0.15, 0.2) is 71.3 Å². The second kappa shape index (κ2) is 10.7. The lowest BCUT2D eigenvalue weighted by Crippen LogP contribution is -2.39. The van der Waals surface area contributed by atoms with Gasteiger partial charge in [0.1, 0.15) is 6.54 Å². The van der Waals surface area contributed by atoms with E-state index in [-0.39, 0.29) is 5.92 Å². The monoisotopic (exact) mass is 447 g/mol. The van der Waals surface area contributed by atoms with Crippen molar-refractivity contribution in [2.24, 2.45) is 5.92 Å². The first-order chi connectivity index (χ1) is 16.0. The van der Waals surface area contributed by atoms with Crippen LogP contribution < -0.4 is 0 Å². The van der Waals surface area contributed by atoms with E-state index in [4.69, 9.17) is 4.42 Å². The molecule has 1 saturated carbocycles. The molecule has 0 amide bonds. The van der Waals surface area contributed by atoms with Gasteiger partial charge in [0.05, 0.1) is 26.8 Å². The largest absolute Gasteiger partial charge is 0.436 e. The average Bonchev–Trinajstić information content (AvgIpc) is 3.31. The van der Waals surface area contributed by atoms with Gasteiger partial charge in [-0.05, 0) is 43.2 Å². The van der Waals surface area contributed by atoms with Crippen molar-refractivity contribution in [3.8, 4) is 0 Å². The molecule has 0 spiro atoms. The van der Waals surface area contributed by atoms with E-state index in [9.17, 15) is 5.11 Å². The minimum absolute atomic E-state index is 0.139. The first-order valence-electron chi connectivity index (χ1n) is 12.6. The van der Waals surface area contributed by atoms with Crippen molar-refractivity contribution in [3.05, 3.63) is 89.6 Å². The number of aromatic nitrogens is 1. The molecule has 1 aliphatic carbocycles. The van der Waals surface area contributed by atoms with Gasteiger partial charge in [0.25, 0.3) is 0 Å². The van der Waals surface area contributed by atoms with Crippen LogP contribution in [-0.4, -0.2) is 35.2 Å². The molecular weight excluding hydrogens is 408 g/mol. The number of aryl methyl sites for hydroxylation is 1. The van der Waals surface area contributed by atoms with Crippen LogP contribution in [0.1, 0.15) is 67.7 Å². The number of quaternary nitrogens is 1. The summed E-state index contributed by atoms with van der Waals surface area (Å²) in [6.45, 7) is 1.85. The summed E-state index contributed by atoms with van der Waals surface area (Å²) in [6, 6.07) is 20.7. The zero-order valence-corrected chi connectivity index (χ0v) is 20.2. The Hall–Kier alpha value is -2.43. The predicted molar refractivity (Wildman–Crippen MR) is 133 cm³/mol.